The summed E-state index contributed by atoms with van der Waals surface area (Å²) in [6.07, 6.45) is 13.8. The molecule has 2 spiro atoms. The summed E-state index contributed by atoms with van der Waals surface area (Å²) in [5, 5.41) is 0. The summed E-state index contributed by atoms with van der Waals surface area (Å²) in [5.41, 5.74) is 14.6. The van der Waals surface area contributed by atoms with E-state index in [9.17, 15) is 9.59 Å². The van der Waals surface area contributed by atoms with Gasteiger partial charge in [0.05, 0.1) is 11.1 Å². The maximum absolute atomic E-state index is 14.1. The van der Waals surface area contributed by atoms with Crippen LogP contribution in [0, 0.1) is 13.8 Å². The van der Waals surface area contributed by atoms with Gasteiger partial charge in [-0.25, -0.2) is 9.59 Å². The minimum Gasteiger partial charge on any atom is -0.456 e. The third-order valence-corrected chi connectivity index (χ3v) is 20.3. The van der Waals surface area contributed by atoms with Crippen LogP contribution in [0.25, 0.3) is 0 Å². The minimum atomic E-state index is -1.20. The molecule has 2 atom stereocenters. The van der Waals surface area contributed by atoms with Crippen molar-refractivity contribution in [1.29, 1.82) is 0 Å². The number of fused-ring (bicyclic) bond motifs is 12. The van der Waals surface area contributed by atoms with Crippen LogP contribution in [0.1, 0.15) is 215 Å². The average Bonchev–Trinajstić information content (AvgIpc) is 1.42. The van der Waals surface area contributed by atoms with Crippen LogP contribution in [0.4, 0.5) is 34.1 Å². The van der Waals surface area contributed by atoms with Crippen LogP contribution < -0.4 is 29.1 Å². The second-order valence-corrected chi connectivity index (χ2v) is 26.2. The molecule has 4 aliphatic rings. The number of anilines is 6. The van der Waals surface area contributed by atoms with Crippen molar-refractivity contribution >= 4 is 46.1 Å². The van der Waals surface area contributed by atoms with E-state index >= 15 is 0 Å². The van der Waals surface area contributed by atoms with E-state index in [1.165, 1.54) is 11.1 Å². The monoisotopic (exact) mass is 1230 g/mol. The normalized spacial score (nSPS) is 16.9. The second kappa shape index (κ2) is 27.0. The van der Waals surface area contributed by atoms with Crippen LogP contribution >= 0.6 is 0 Å². The molecular formula is C82H94N4O6. The molecular weight excluding hydrogens is 1140 g/mol. The summed E-state index contributed by atoms with van der Waals surface area (Å²) in [6.45, 7) is 27.9. The highest BCUT2D eigenvalue weighted by molar-refractivity contribution is 5.98. The Bertz CT molecular complexity index is 3720. The Morgan fingerprint density at radius 2 is 0.707 bits per heavy atom. The Hall–Kier alpha value is -8.50. The molecule has 0 aliphatic carbocycles. The average molecular weight is 1230 g/mol. The van der Waals surface area contributed by atoms with Crippen molar-refractivity contribution in [2.24, 2.45) is 0 Å². The fourth-order valence-corrected chi connectivity index (χ4v) is 14.7. The molecule has 8 aromatic carbocycles. The van der Waals surface area contributed by atoms with Gasteiger partial charge in [0, 0.05) is 124 Å². The highest BCUT2D eigenvalue weighted by atomic mass is 16.6. The summed E-state index contributed by atoms with van der Waals surface area (Å²) in [4.78, 5) is 38.1. The van der Waals surface area contributed by atoms with Crippen molar-refractivity contribution in [1.82, 2.24) is 0 Å². The molecule has 92 heavy (non-hydrogen) atoms. The highest BCUT2D eigenvalue weighted by Crippen LogP contribution is 2.60. The second-order valence-electron chi connectivity index (χ2n) is 26.2. The van der Waals surface area contributed by atoms with Crippen molar-refractivity contribution in [3.63, 3.8) is 0 Å². The van der Waals surface area contributed by atoms with Gasteiger partial charge in [-0.2, -0.15) is 0 Å². The molecule has 2 unspecified atom stereocenters. The number of carbonyl (C=O) groups excluding carboxylic acids is 2. The Morgan fingerprint density at radius 1 is 0.370 bits per heavy atom. The van der Waals surface area contributed by atoms with Gasteiger partial charge < -0.3 is 38.5 Å². The van der Waals surface area contributed by atoms with E-state index in [-0.39, 0.29) is 17.4 Å². The fourth-order valence-electron chi connectivity index (χ4n) is 14.7. The lowest BCUT2D eigenvalue weighted by molar-refractivity contribution is 0.0214. The number of aryl methyl sites for hydroxylation is 2. The molecule has 0 N–H and O–H groups in total. The lowest BCUT2D eigenvalue weighted by Gasteiger charge is -2.39. The van der Waals surface area contributed by atoms with Gasteiger partial charge in [0.15, 0.2) is 11.2 Å². The topological polar surface area (TPSA) is 84.0 Å². The molecule has 478 valence electrons. The standard InChI is InChI=1S/C82H94N4O6/c1-11-18-44-83(45-19-12-2)62-40-42-68-76(52-62)89-74-50-56(8)72(54-70(74)81(68)66-30-26-24-28-64(66)78(87)91-81)85(48-22-15-5)60-36-32-58(33-37-60)80(10,17-7)59-34-38-61(39-35-59)86(49-23-16-6)73-55-71-75(51-57(73)9)90-77-53-63(84(46-20-13-3)47-21-14-4)41-43-69(77)82(71)67-31-27-25-29-65(67)79(88)92-82/h24-43,50-55H,11-23,44-49H2,1-10H3. The number of esters is 2. The highest BCUT2D eigenvalue weighted by Gasteiger charge is 2.56. The van der Waals surface area contributed by atoms with Gasteiger partial charge in [0.2, 0.25) is 0 Å². The van der Waals surface area contributed by atoms with Gasteiger partial charge in [0.1, 0.15) is 23.0 Å². The zero-order valence-corrected chi connectivity index (χ0v) is 56.2. The third-order valence-electron chi connectivity index (χ3n) is 20.3. The van der Waals surface area contributed by atoms with Gasteiger partial charge in [-0.1, -0.05) is 155 Å². The molecule has 8 aromatic rings. The first-order valence-corrected chi connectivity index (χ1v) is 34.7. The SMILES string of the molecule is CCCCN(CCCC)c1ccc2c(c1)Oc1cc(C)c(N(CCCC)c3ccc(C(C)(CC)c4ccc(N(CCCC)c5cc6c(cc5C)Oc5cc(N(CCCC)CCCC)ccc5C65OC(=O)c6ccccc65)cc4)cc3)cc1C21OC(=O)c2ccccc21. The Kier molecular flexibility index (Phi) is 18.7. The van der Waals surface area contributed by atoms with Gasteiger partial charge in [-0.05, 0) is 166 Å². The molecule has 0 amide bonds. The minimum absolute atomic E-state index is 0.303. The van der Waals surface area contributed by atoms with Crippen molar-refractivity contribution in [2.45, 2.75) is 169 Å². The van der Waals surface area contributed by atoms with Crippen LogP contribution in [-0.2, 0) is 26.1 Å². The van der Waals surface area contributed by atoms with Crippen molar-refractivity contribution in [2.75, 3.05) is 58.9 Å². The fraction of sp³-hybridized carbons (Fsp3) is 0.390. The summed E-state index contributed by atoms with van der Waals surface area (Å²) in [6, 6.07) is 56.0. The zero-order valence-electron chi connectivity index (χ0n) is 56.2. The lowest BCUT2D eigenvalue weighted by atomic mass is 9.74. The predicted octanol–water partition coefficient (Wildman–Crippen LogP) is 20.8. The van der Waals surface area contributed by atoms with E-state index in [4.69, 9.17) is 18.9 Å². The Balaban J connectivity index is 0.869. The number of unbranched alkanes of at least 4 members (excludes halogenated alkanes) is 6. The van der Waals surface area contributed by atoms with Crippen molar-refractivity contribution in [3.8, 4) is 23.0 Å². The van der Waals surface area contributed by atoms with E-state index < -0.39 is 11.2 Å². The number of hydrogen-bond acceptors (Lipinski definition) is 10. The van der Waals surface area contributed by atoms with Gasteiger partial charge in [-0.15, -0.1) is 0 Å². The maximum atomic E-state index is 14.1. The number of carbonyl (C=O) groups is 2. The van der Waals surface area contributed by atoms with E-state index in [0.717, 1.165) is 213 Å². The summed E-state index contributed by atoms with van der Waals surface area (Å²) in [7, 11) is 0. The first-order chi connectivity index (χ1) is 44.8. The first-order valence-electron chi connectivity index (χ1n) is 34.7. The van der Waals surface area contributed by atoms with Gasteiger partial charge >= 0.3 is 11.9 Å². The van der Waals surface area contributed by atoms with E-state index in [1.807, 2.05) is 36.4 Å². The van der Waals surface area contributed by atoms with Crippen LogP contribution in [0.3, 0.4) is 0 Å². The van der Waals surface area contributed by atoms with Crippen LogP contribution in [0.15, 0.2) is 158 Å². The largest absolute Gasteiger partial charge is 0.456 e. The Labute approximate surface area is 547 Å². The molecule has 10 heteroatoms. The van der Waals surface area contributed by atoms with E-state index in [2.05, 4.69) is 210 Å². The molecule has 0 saturated carbocycles. The molecule has 0 bridgehead atoms. The number of benzene rings is 8. The summed E-state index contributed by atoms with van der Waals surface area (Å²) in [5.74, 6) is 2.19. The van der Waals surface area contributed by atoms with Crippen molar-refractivity contribution in [3.05, 3.63) is 224 Å². The summed E-state index contributed by atoms with van der Waals surface area (Å²) < 4.78 is 27.6. The quantitative estimate of drug-likeness (QED) is 0.0464. The summed E-state index contributed by atoms with van der Waals surface area (Å²) >= 11 is 0. The van der Waals surface area contributed by atoms with Gasteiger partial charge in [0.25, 0.3) is 0 Å². The smallest absolute Gasteiger partial charge is 0.340 e. The number of nitrogens with zero attached hydrogens (tertiary/aromatic N) is 4. The first kappa shape index (κ1) is 63.6. The predicted molar refractivity (Wildman–Crippen MR) is 376 cm³/mol. The van der Waals surface area contributed by atoms with Crippen molar-refractivity contribution < 1.29 is 28.5 Å². The molecule has 4 aliphatic heterocycles. The molecule has 4 heterocycles. The Morgan fingerprint density at radius 3 is 1.07 bits per heavy atom. The maximum Gasteiger partial charge on any atom is 0.340 e. The third kappa shape index (κ3) is 11.3. The van der Waals surface area contributed by atoms with Crippen LogP contribution in [-0.4, -0.2) is 51.2 Å². The number of hydrogen-bond donors (Lipinski definition) is 0. The number of rotatable bonds is 27. The molecule has 12 rings (SSSR count). The molecule has 10 nitrogen and oxygen atoms in total. The lowest BCUT2D eigenvalue weighted by Crippen LogP contribution is -2.34. The van der Waals surface area contributed by atoms with Crippen LogP contribution in [0.2, 0.25) is 0 Å². The molecule has 0 aromatic heterocycles. The molecule has 0 fully saturated rings. The van der Waals surface area contributed by atoms with E-state index in [0.29, 0.717) is 22.6 Å². The van der Waals surface area contributed by atoms with Gasteiger partial charge in [-0.3, -0.25) is 0 Å². The number of ether oxygens (including phenoxy) is 4. The zero-order chi connectivity index (χ0) is 64.3. The molecule has 0 saturated heterocycles. The van der Waals surface area contributed by atoms with Crippen LogP contribution in [0.5, 0.6) is 23.0 Å². The molecule has 0 radical (unpaired) electrons. The van der Waals surface area contributed by atoms with E-state index in [1.54, 1.807) is 0 Å².